The van der Waals surface area contributed by atoms with Gasteiger partial charge < -0.3 is 9.90 Å². The lowest BCUT2D eigenvalue weighted by atomic mass is 9.85. The van der Waals surface area contributed by atoms with Crippen molar-refractivity contribution in [2.45, 2.75) is 26.8 Å². The third kappa shape index (κ3) is 2.01. The van der Waals surface area contributed by atoms with Crippen LogP contribution in [0.25, 0.3) is 0 Å². The Kier molecular flexibility index (Phi) is 2.92. The summed E-state index contributed by atoms with van der Waals surface area (Å²) in [5, 5.41) is 11.3. The van der Waals surface area contributed by atoms with Gasteiger partial charge in [0.1, 0.15) is 0 Å². The van der Waals surface area contributed by atoms with Crippen LogP contribution in [0.4, 0.5) is 0 Å². The number of hydrogen-bond donors (Lipinski definition) is 0. The SMILES string of the molecule is CC(C)(C)[C@@H](C(=O)[O-])N1C(=O)c2ccccc2C1=O. The van der Waals surface area contributed by atoms with E-state index >= 15 is 0 Å². The van der Waals surface area contributed by atoms with Crippen LogP contribution in [-0.4, -0.2) is 28.7 Å². The molecule has 0 saturated heterocycles. The monoisotopic (exact) mass is 260 g/mol. The number of imide groups is 1. The minimum absolute atomic E-state index is 0.239. The number of hydrogen-bond acceptors (Lipinski definition) is 4. The number of nitrogens with zero attached hydrogens (tertiary/aromatic N) is 1. The molecule has 19 heavy (non-hydrogen) atoms. The van der Waals surface area contributed by atoms with Crippen LogP contribution in [-0.2, 0) is 4.79 Å². The smallest absolute Gasteiger partial charge is 0.262 e. The fourth-order valence-corrected chi connectivity index (χ4v) is 2.29. The number of carboxylic acids is 1. The quantitative estimate of drug-likeness (QED) is 0.723. The van der Waals surface area contributed by atoms with Gasteiger partial charge in [0.05, 0.1) is 23.1 Å². The van der Waals surface area contributed by atoms with Crippen molar-refractivity contribution in [1.29, 1.82) is 0 Å². The maximum Gasteiger partial charge on any atom is 0.262 e. The highest BCUT2D eigenvalue weighted by Crippen LogP contribution is 2.31. The van der Waals surface area contributed by atoms with Gasteiger partial charge in [-0.25, -0.2) is 0 Å². The van der Waals surface area contributed by atoms with E-state index in [0.29, 0.717) is 0 Å². The van der Waals surface area contributed by atoms with Crippen LogP contribution >= 0.6 is 0 Å². The maximum absolute atomic E-state index is 12.2. The largest absolute Gasteiger partial charge is 0.548 e. The van der Waals surface area contributed by atoms with Gasteiger partial charge in [0.2, 0.25) is 0 Å². The highest BCUT2D eigenvalue weighted by molar-refractivity contribution is 6.22. The molecule has 1 heterocycles. The summed E-state index contributed by atoms with van der Waals surface area (Å²) < 4.78 is 0. The molecule has 5 heteroatoms. The first kappa shape index (κ1) is 13.3. The van der Waals surface area contributed by atoms with Gasteiger partial charge in [0, 0.05) is 0 Å². The molecule has 5 nitrogen and oxygen atoms in total. The molecule has 0 aromatic heterocycles. The third-order valence-electron chi connectivity index (χ3n) is 3.13. The van der Waals surface area contributed by atoms with E-state index in [1.54, 1.807) is 32.9 Å². The molecule has 100 valence electrons. The van der Waals surface area contributed by atoms with E-state index in [2.05, 4.69) is 0 Å². The van der Waals surface area contributed by atoms with Crippen molar-refractivity contribution in [2.75, 3.05) is 0 Å². The zero-order chi connectivity index (χ0) is 14.4. The van der Waals surface area contributed by atoms with Gasteiger partial charge in [-0.15, -0.1) is 0 Å². The molecule has 0 bridgehead atoms. The molecular formula is C14H14NO4-. The molecule has 1 aromatic rings. The second-order valence-electron chi connectivity index (χ2n) is 5.61. The first-order chi connectivity index (χ1) is 8.75. The van der Waals surface area contributed by atoms with E-state index in [1.807, 2.05) is 0 Å². The Morgan fingerprint density at radius 3 is 1.84 bits per heavy atom. The van der Waals surface area contributed by atoms with E-state index in [1.165, 1.54) is 12.1 Å². The van der Waals surface area contributed by atoms with Crippen molar-refractivity contribution in [1.82, 2.24) is 4.90 Å². The zero-order valence-corrected chi connectivity index (χ0v) is 11.0. The second kappa shape index (κ2) is 4.19. The summed E-state index contributed by atoms with van der Waals surface area (Å²) in [5.74, 6) is -2.59. The number of carboxylic acid groups (broad SMARTS) is 1. The Morgan fingerprint density at radius 2 is 1.53 bits per heavy atom. The zero-order valence-electron chi connectivity index (χ0n) is 11.0. The average Bonchev–Trinajstić information content (AvgIpc) is 2.53. The van der Waals surface area contributed by atoms with Crippen LogP contribution in [0.3, 0.4) is 0 Å². The van der Waals surface area contributed by atoms with Gasteiger partial charge in [-0.1, -0.05) is 32.9 Å². The van der Waals surface area contributed by atoms with Gasteiger partial charge >= 0.3 is 0 Å². The summed E-state index contributed by atoms with van der Waals surface area (Å²) >= 11 is 0. The standard InChI is InChI=1S/C14H15NO4/c1-14(2,3)10(13(18)19)15-11(16)8-6-4-5-7-9(8)12(15)17/h4-7,10H,1-3H3,(H,18,19)/p-1/t10-/m1/s1. The Balaban J connectivity index is 2.52. The summed E-state index contributed by atoms with van der Waals surface area (Å²) in [4.78, 5) is 36.5. The topological polar surface area (TPSA) is 77.5 Å². The number of carbonyl (C=O) groups excluding carboxylic acids is 3. The Bertz CT molecular complexity index is 536. The predicted octanol–water partition coefficient (Wildman–Crippen LogP) is 0.447. The van der Waals surface area contributed by atoms with Gasteiger partial charge in [-0.2, -0.15) is 0 Å². The van der Waals surface area contributed by atoms with Crippen LogP contribution < -0.4 is 5.11 Å². The summed E-state index contributed by atoms with van der Waals surface area (Å²) in [7, 11) is 0. The van der Waals surface area contributed by atoms with Crippen molar-refractivity contribution in [3.63, 3.8) is 0 Å². The molecule has 0 aliphatic carbocycles. The summed E-state index contributed by atoms with van der Waals surface area (Å²) in [6.07, 6.45) is 0. The number of fused-ring (bicyclic) bond motifs is 1. The van der Waals surface area contributed by atoms with Gasteiger partial charge in [0.25, 0.3) is 11.8 Å². The Morgan fingerprint density at radius 1 is 1.11 bits per heavy atom. The van der Waals surface area contributed by atoms with Crippen LogP contribution in [0.1, 0.15) is 41.5 Å². The molecule has 0 N–H and O–H groups in total. The van der Waals surface area contributed by atoms with E-state index in [0.717, 1.165) is 4.90 Å². The van der Waals surface area contributed by atoms with E-state index in [4.69, 9.17) is 0 Å². The molecule has 0 fully saturated rings. The van der Waals surface area contributed by atoms with Gasteiger partial charge in [0.15, 0.2) is 0 Å². The van der Waals surface area contributed by atoms with Crippen molar-refractivity contribution >= 4 is 17.8 Å². The summed E-state index contributed by atoms with van der Waals surface area (Å²) in [6.45, 7) is 4.95. The lowest BCUT2D eigenvalue weighted by Gasteiger charge is -2.37. The van der Waals surface area contributed by atoms with Gasteiger partial charge in [-0.05, 0) is 17.5 Å². The molecular weight excluding hydrogens is 246 g/mol. The lowest BCUT2D eigenvalue weighted by Crippen LogP contribution is -2.56. The van der Waals surface area contributed by atoms with Crippen LogP contribution in [0, 0.1) is 5.41 Å². The van der Waals surface area contributed by atoms with Crippen molar-refractivity contribution in [3.05, 3.63) is 35.4 Å². The number of aliphatic carboxylic acids is 1. The molecule has 1 aromatic carbocycles. The Hall–Kier alpha value is -2.17. The fourth-order valence-electron chi connectivity index (χ4n) is 2.29. The molecule has 1 atom stereocenters. The molecule has 0 spiro atoms. The van der Waals surface area contributed by atoms with Crippen molar-refractivity contribution < 1.29 is 19.5 Å². The minimum Gasteiger partial charge on any atom is -0.548 e. The van der Waals surface area contributed by atoms with Crippen LogP contribution in [0.15, 0.2) is 24.3 Å². The predicted molar refractivity (Wildman–Crippen MR) is 65.2 cm³/mol. The average molecular weight is 260 g/mol. The molecule has 0 saturated carbocycles. The number of benzene rings is 1. The Labute approximate surface area is 110 Å². The van der Waals surface area contributed by atoms with Crippen LogP contribution in [0.5, 0.6) is 0 Å². The van der Waals surface area contributed by atoms with Gasteiger partial charge in [-0.3, -0.25) is 14.5 Å². The van der Waals surface area contributed by atoms with E-state index in [9.17, 15) is 19.5 Å². The number of carbonyl (C=O) groups is 3. The molecule has 2 rings (SSSR count). The highest BCUT2D eigenvalue weighted by atomic mass is 16.4. The van der Waals surface area contributed by atoms with Crippen LogP contribution in [0.2, 0.25) is 0 Å². The van der Waals surface area contributed by atoms with Crippen molar-refractivity contribution in [3.8, 4) is 0 Å². The summed E-state index contributed by atoms with van der Waals surface area (Å²) in [5.41, 5.74) is -0.322. The normalized spacial score (nSPS) is 16.5. The first-order valence-corrected chi connectivity index (χ1v) is 5.93. The molecule has 0 radical (unpaired) electrons. The minimum atomic E-state index is -1.43. The number of rotatable bonds is 2. The fraction of sp³-hybridized carbons (Fsp3) is 0.357. The third-order valence-corrected chi connectivity index (χ3v) is 3.13. The first-order valence-electron chi connectivity index (χ1n) is 5.93. The highest BCUT2D eigenvalue weighted by Gasteiger charge is 2.44. The molecule has 1 aliphatic rings. The number of amides is 2. The van der Waals surface area contributed by atoms with E-state index < -0.39 is 29.2 Å². The lowest BCUT2D eigenvalue weighted by molar-refractivity contribution is -0.313. The van der Waals surface area contributed by atoms with E-state index in [-0.39, 0.29) is 11.1 Å². The molecule has 1 aliphatic heterocycles. The maximum atomic E-state index is 12.2. The second-order valence-corrected chi connectivity index (χ2v) is 5.61. The summed E-state index contributed by atoms with van der Waals surface area (Å²) in [6, 6.07) is 5.02. The molecule has 0 unspecified atom stereocenters. The molecule has 2 amide bonds. The van der Waals surface area contributed by atoms with Crippen molar-refractivity contribution in [2.24, 2.45) is 5.41 Å².